The topological polar surface area (TPSA) is 17.1 Å². The second-order valence-corrected chi connectivity index (χ2v) is 5.08. The maximum Gasteiger partial charge on any atom is 0.431 e. The Bertz CT molecular complexity index is 456. The van der Waals surface area contributed by atoms with E-state index in [4.69, 9.17) is 0 Å². The fourth-order valence-electron chi connectivity index (χ4n) is 2.03. The molecule has 1 atom stereocenters. The van der Waals surface area contributed by atoms with Gasteiger partial charge in [0.25, 0.3) is 0 Å². The van der Waals surface area contributed by atoms with Gasteiger partial charge in [-0.1, -0.05) is 18.2 Å². The molecule has 0 saturated carbocycles. The van der Waals surface area contributed by atoms with Crippen LogP contribution >= 0.6 is 0 Å². The van der Waals surface area contributed by atoms with Crippen molar-refractivity contribution in [2.24, 2.45) is 5.92 Å². The fraction of sp³-hybridized carbons (Fsp3) is 0.615. The lowest BCUT2D eigenvalue weighted by atomic mass is 9.80. The van der Waals surface area contributed by atoms with Crippen molar-refractivity contribution in [1.82, 2.24) is 0 Å². The molecule has 0 aromatic carbocycles. The third-order valence-corrected chi connectivity index (χ3v) is 3.53. The Morgan fingerprint density at radius 3 is 2.05 bits per heavy atom. The van der Waals surface area contributed by atoms with Gasteiger partial charge in [0.1, 0.15) is 0 Å². The quantitative estimate of drug-likeness (QED) is 0.545. The minimum Gasteiger partial charge on any atom is -0.295 e. The molecule has 1 nitrogen and oxygen atoms in total. The van der Waals surface area contributed by atoms with Crippen LogP contribution in [0.5, 0.6) is 0 Å². The number of ketones is 1. The second kappa shape index (κ2) is 5.46. The normalized spacial score (nSPS) is 21.2. The summed E-state index contributed by atoms with van der Waals surface area (Å²) in [6, 6.07) is 0. The standard InChI is InChI=1S/C13H13F7O/c1-7-3-4-9(5-10(7)21)8(2)6-11(14,12(15,16)17)13(18,19)20/h3,9H,2,4-6H2,1H3/t9-/m0/s1. The highest BCUT2D eigenvalue weighted by Crippen LogP contribution is 2.50. The Hall–Kier alpha value is -1.34. The number of carbonyl (C=O) groups is 1. The molecule has 0 N–H and O–H groups in total. The van der Waals surface area contributed by atoms with Crippen molar-refractivity contribution >= 4 is 5.78 Å². The summed E-state index contributed by atoms with van der Waals surface area (Å²) in [5, 5.41) is 0. The fourth-order valence-corrected chi connectivity index (χ4v) is 2.03. The summed E-state index contributed by atoms with van der Waals surface area (Å²) < 4.78 is 88.3. The molecule has 0 radical (unpaired) electrons. The Morgan fingerprint density at radius 2 is 1.67 bits per heavy atom. The van der Waals surface area contributed by atoms with Crippen molar-refractivity contribution in [3.63, 3.8) is 0 Å². The van der Waals surface area contributed by atoms with E-state index in [1.54, 1.807) is 0 Å². The predicted molar refractivity (Wildman–Crippen MR) is 61.2 cm³/mol. The summed E-state index contributed by atoms with van der Waals surface area (Å²) in [4.78, 5) is 11.4. The van der Waals surface area contributed by atoms with Crippen LogP contribution < -0.4 is 0 Å². The number of rotatable bonds is 3. The highest BCUT2D eigenvalue weighted by atomic mass is 19.4. The van der Waals surface area contributed by atoms with Crippen LogP contribution in [0.3, 0.4) is 0 Å². The first-order valence-corrected chi connectivity index (χ1v) is 5.99. The Labute approximate surface area is 116 Å². The largest absolute Gasteiger partial charge is 0.431 e. The lowest BCUT2D eigenvalue weighted by Gasteiger charge is -2.32. The van der Waals surface area contributed by atoms with Gasteiger partial charge in [-0.3, -0.25) is 4.79 Å². The minimum atomic E-state index is -6.10. The van der Waals surface area contributed by atoms with Gasteiger partial charge in [0.15, 0.2) is 5.78 Å². The average molecular weight is 318 g/mol. The molecule has 120 valence electrons. The first-order valence-electron chi connectivity index (χ1n) is 5.99. The molecule has 0 unspecified atom stereocenters. The van der Waals surface area contributed by atoms with E-state index >= 15 is 0 Å². The lowest BCUT2D eigenvalue weighted by molar-refractivity contribution is -0.341. The molecule has 0 fully saturated rings. The van der Waals surface area contributed by atoms with Gasteiger partial charge in [-0.25, -0.2) is 4.39 Å². The Balaban J connectivity index is 2.97. The van der Waals surface area contributed by atoms with Crippen LogP contribution in [0.4, 0.5) is 30.7 Å². The van der Waals surface area contributed by atoms with E-state index in [-0.39, 0.29) is 12.8 Å². The highest BCUT2D eigenvalue weighted by Gasteiger charge is 2.72. The van der Waals surface area contributed by atoms with Crippen LogP contribution in [0.15, 0.2) is 23.8 Å². The monoisotopic (exact) mass is 318 g/mol. The number of allylic oxidation sites excluding steroid dienone is 3. The number of halogens is 7. The predicted octanol–water partition coefficient (Wildman–Crippen LogP) is 4.69. The lowest BCUT2D eigenvalue weighted by Crippen LogP contribution is -2.53. The van der Waals surface area contributed by atoms with Gasteiger partial charge in [-0.05, 0) is 24.8 Å². The second-order valence-electron chi connectivity index (χ2n) is 5.08. The third kappa shape index (κ3) is 3.47. The van der Waals surface area contributed by atoms with Gasteiger partial charge in [-0.15, -0.1) is 0 Å². The highest BCUT2D eigenvalue weighted by molar-refractivity contribution is 5.95. The SMILES string of the molecule is C=C(CC(F)(C(F)(F)F)C(F)(F)F)[C@H]1CC=C(C)C(=O)C1. The van der Waals surface area contributed by atoms with Crippen molar-refractivity contribution in [2.75, 3.05) is 0 Å². The molecule has 0 aromatic rings. The molecule has 0 spiro atoms. The molecule has 0 aromatic heterocycles. The zero-order valence-corrected chi connectivity index (χ0v) is 11.0. The summed E-state index contributed by atoms with van der Waals surface area (Å²) in [7, 11) is 0. The smallest absolute Gasteiger partial charge is 0.295 e. The maximum atomic E-state index is 13.6. The van der Waals surface area contributed by atoms with E-state index in [0.717, 1.165) is 0 Å². The molecule has 0 bridgehead atoms. The van der Waals surface area contributed by atoms with E-state index < -0.39 is 41.7 Å². The molecule has 0 aliphatic heterocycles. The van der Waals surface area contributed by atoms with Crippen molar-refractivity contribution < 1.29 is 35.5 Å². The first kappa shape index (κ1) is 17.7. The molecule has 1 rings (SSSR count). The van der Waals surface area contributed by atoms with Gasteiger partial charge in [0, 0.05) is 12.8 Å². The Kier molecular flexibility index (Phi) is 4.60. The maximum absolute atomic E-state index is 13.6. The molecular weight excluding hydrogens is 305 g/mol. The molecule has 0 saturated heterocycles. The summed E-state index contributed by atoms with van der Waals surface area (Å²) in [6.45, 7) is 4.62. The van der Waals surface area contributed by atoms with Crippen molar-refractivity contribution in [2.45, 2.75) is 44.2 Å². The van der Waals surface area contributed by atoms with Crippen LogP contribution in [0, 0.1) is 5.92 Å². The number of Topliss-reactive ketones (excluding diaryl/α,β-unsaturated/α-hetero) is 1. The molecule has 0 amide bonds. The van der Waals surface area contributed by atoms with Crippen LogP contribution in [0.25, 0.3) is 0 Å². The summed E-state index contributed by atoms with van der Waals surface area (Å²) in [5.74, 6) is -1.31. The average Bonchev–Trinajstić information content (AvgIpc) is 2.29. The summed E-state index contributed by atoms with van der Waals surface area (Å²) in [5.41, 5.74) is -5.53. The van der Waals surface area contributed by atoms with E-state index in [1.165, 1.54) is 13.0 Å². The van der Waals surface area contributed by atoms with Crippen LogP contribution in [-0.4, -0.2) is 23.8 Å². The molecular formula is C13H13F7O. The zero-order valence-electron chi connectivity index (χ0n) is 11.0. The molecule has 21 heavy (non-hydrogen) atoms. The van der Waals surface area contributed by atoms with E-state index in [9.17, 15) is 35.5 Å². The number of hydrogen-bond acceptors (Lipinski definition) is 1. The third-order valence-electron chi connectivity index (χ3n) is 3.53. The van der Waals surface area contributed by atoms with Crippen molar-refractivity contribution in [1.29, 1.82) is 0 Å². The van der Waals surface area contributed by atoms with Gasteiger partial charge >= 0.3 is 18.0 Å². The van der Waals surface area contributed by atoms with E-state index in [2.05, 4.69) is 6.58 Å². The number of alkyl halides is 7. The summed E-state index contributed by atoms with van der Waals surface area (Å²) in [6.07, 6.45) is -12.9. The van der Waals surface area contributed by atoms with Gasteiger partial charge in [-0.2, -0.15) is 26.3 Å². The van der Waals surface area contributed by atoms with Crippen molar-refractivity contribution in [3.05, 3.63) is 23.8 Å². The molecule has 0 heterocycles. The van der Waals surface area contributed by atoms with E-state index in [1.807, 2.05) is 0 Å². The zero-order chi connectivity index (χ0) is 16.6. The minimum absolute atomic E-state index is 0.0716. The van der Waals surface area contributed by atoms with Gasteiger partial charge in [0.05, 0.1) is 0 Å². The van der Waals surface area contributed by atoms with Gasteiger partial charge < -0.3 is 0 Å². The van der Waals surface area contributed by atoms with E-state index in [0.29, 0.717) is 5.57 Å². The van der Waals surface area contributed by atoms with Crippen LogP contribution in [0.2, 0.25) is 0 Å². The van der Waals surface area contributed by atoms with Crippen LogP contribution in [-0.2, 0) is 4.79 Å². The van der Waals surface area contributed by atoms with Gasteiger partial charge in [0.2, 0.25) is 0 Å². The number of carbonyl (C=O) groups excluding carboxylic acids is 1. The summed E-state index contributed by atoms with van der Waals surface area (Å²) >= 11 is 0. The number of hydrogen-bond donors (Lipinski definition) is 0. The molecule has 1 aliphatic carbocycles. The Morgan fingerprint density at radius 1 is 1.19 bits per heavy atom. The molecule has 1 aliphatic rings. The van der Waals surface area contributed by atoms with Crippen molar-refractivity contribution in [3.8, 4) is 0 Å². The first-order chi connectivity index (χ1) is 9.29. The van der Waals surface area contributed by atoms with Crippen LogP contribution in [0.1, 0.15) is 26.2 Å². The molecule has 8 heteroatoms.